The zero-order valence-corrected chi connectivity index (χ0v) is 14.4. The molecule has 6 heteroatoms. The number of amides is 1. The highest BCUT2D eigenvalue weighted by Crippen LogP contribution is 2.32. The summed E-state index contributed by atoms with van der Waals surface area (Å²) < 4.78 is 0. The van der Waals surface area contributed by atoms with Gasteiger partial charge in [0.25, 0.3) is 5.91 Å². The monoisotopic (exact) mass is 345 g/mol. The van der Waals surface area contributed by atoms with Gasteiger partial charge in [0.15, 0.2) is 5.69 Å². The van der Waals surface area contributed by atoms with Crippen molar-refractivity contribution in [2.45, 2.75) is 13.3 Å². The van der Waals surface area contributed by atoms with Crippen LogP contribution in [0, 0.1) is 0 Å². The first-order valence-electron chi connectivity index (χ1n) is 8.59. The Morgan fingerprint density at radius 2 is 2.08 bits per heavy atom. The van der Waals surface area contributed by atoms with Crippen molar-refractivity contribution in [3.8, 4) is 11.1 Å². The third kappa shape index (κ3) is 2.65. The second-order valence-corrected chi connectivity index (χ2v) is 6.20. The quantitative estimate of drug-likeness (QED) is 0.527. The molecule has 0 aliphatic rings. The Labute approximate surface area is 150 Å². The first-order chi connectivity index (χ1) is 12.7. The van der Waals surface area contributed by atoms with E-state index >= 15 is 0 Å². The third-order valence-corrected chi connectivity index (χ3v) is 4.45. The maximum atomic E-state index is 12.2. The number of aromatic amines is 1. The van der Waals surface area contributed by atoms with Gasteiger partial charge in [-0.05, 0) is 35.6 Å². The lowest BCUT2D eigenvalue weighted by Gasteiger charge is -2.10. The molecule has 4 rings (SSSR count). The summed E-state index contributed by atoms with van der Waals surface area (Å²) in [6, 6.07) is 14.0. The molecule has 0 spiro atoms. The molecule has 0 unspecified atom stereocenters. The Bertz CT molecular complexity index is 1120. The highest BCUT2D eigenvalue weighted by Gasteiger charge is 2.17. The van der Waals surface area contributed by atoms with E-state index < -0.39 is 0 Å². The number of nitrogen functional groups attached to an aromatic ring is 1. The molecule has 2 aromatic carbocycles. The number of nitrogens with two attached hydrogens (primary N) is 1. The predicted octanol–water partition coefficient (Wildman–Crippen LogP) is 3.50. The number of anilines is 1. The summed E-state index contributed by atoms with van der Waals surface area (Å²) in [6.45, 7) is 2.57. The molecule has 0 saturated heterocycles. The number of hydrogen-bond donors (Lipinski definition) is 3. The average Bonchev–Trinajstić information content (AvgIpc) is 3.14. The van der Waals surface area contributed by atoms with Gasteiger partial charge in [-0.1, -0.05) is 31.2 Å². The molecule has 4 aromatic rings. The van der Waals surface area contributed by atoms with Crippen molar-refractivity contribution in [3.05, 3.63) is 54.4 Å². The van der Waals surface area contributed by atoms with Gasteiger partial charge in [-0.25, -0.2) is 0 Å². The molecule has 0 aliphatic heterocycles. The zero-order chi connectivity index (χ0) is 18.1. The molecule has 2 aromatic heterocycles. The standard InChI is InChI=1S/C20H19N5O/c1-2-9-23-20(26)19-17(21)15-5-3-4-14(18(15)24-25-19)12-6-7-16-13(11-12)8-10-22-16/h3-8,10-11,22H,2,9H2,1H3,(H2,21,24)(H,23,26). The van der Waals surface area contributed by atoms with Crippen LogP contribution in [0.2, 0.25) is 0 Å². The number of aromatic nitrogens is 3. The third-order valence-electron chi connectivity index (χ3n) is 4.45. The number of H-pyrrole nitrogens is 1. The number of nitrogens with zero attached hydrogens (tertiary/aromatic N) is 2. The van der Waals surface area contributed by atoms with Crippen molar-refractivity contribution in [1.29, 1.82) is 0 Å². The van der Waals surface area contributed by atoms with Gasteiger partial charge in [-0.3, -0.25) is 4.79 Å². The van der Waals surface area contributed by atoms with Crippen LogP contribution in [0.5, 0.6) is 0 Å². The fraction of sp³-hybridized carbons (Fsp3) is 0.150. The number of hydrogen-bond acceptors (Lipinski definition) is 4. The summed E-state index contributed by atoms with van der Waals surface area (Å²) in [6.07, 6.45) is 2.76. The molecule has 4 N–H and O–H groups in total. The average molecular weight is 345 g/mol. The summed E-state index contributed by atoms with van der Waals surface area (Å²) in [5.41, 5.74) is 10.5. The molecule has 0 bridgehead atoms. The smallest absolute Gasteiger partial charge is 0.273 e. The SMILES string of the molecule is CCCNC(=O)c1nnc2c(-c3ccc4[nH]ccc4c3)cccc2c1N. The van der Waals surface area contributed by atoms with Crippen molar-refractivity contribution >= 4 is 33.4 Å². The minimum Gasteiger partial charge on any atom is -0.396 e. The number of nitrogens with one attached hydrogen (secondary N) is 2. The number of carbonyl (C=O) groups excluding carboxylic acids is 1. The lowest BCUT2D eigenvalue weighted by molar-refractivity contribution is 0.0949. The van der Waals surface area contributed by atoms with Crippen molar-refractivity contribution < 1.29 is 4.79 Å². The fourth-order valence-corrected chi connectivity index (χ4v) is 3.09. The molecule has 2 heterocycles. The van der Waals surface area contributed by atoms with Crippen LogP contribution in [0.4, 0.5) is 5.69 Å². The second kappa shape index (κ2) is 6.48. The minimum atomic E-state index is -0.294. The first kappa shape index (κ1) is 16.1. The maximum Gasteiger partial charge on any atom is 0.273 e. The van der Waals surface area contributed by atoms with Crippen LogP contribution in [0.25, 0.3) is 32.9 Å². The summed E-state index contributed by atoms with van der Waals surface area (Å²) in [5, 5.41) is 13.1. The van der Waals surface area contributed by atoms with Crippen molar-refractivity contribution in [2.24, 2.45) is 0 Å². The predicted molar refractivity (Wildman–Crippen MR) is 104 cm³/mol. The lowest BCUT2D eigenvalue weighted by atomic mass is 10.00. The van der Waals surface area contributed by atoms with Crippen LogP contribution in [0.15, 0.2) is 48.7 Å². The van der Waals surface area contributed by atoms with Gasteiger partial charge < -0.3 is 16.0 Å². The number of rotatable bonds is 4. The van der Waals surface area contributed by atoms with Gasteiger partial charge in [0.1, 0.15) is 5.52 Å². The zero-order valence-electron chi connectivity index (χ0n) is 14.4. The van der Waals surface area contributed by atoms with Gasteiger partial charge >= 0.3 is 0 Å². The highest BCUT2D eigenvalue weighted by molar-refractivity contribution is 6.07. The van der Waals surface area contributed by atoms with E-state index in [0.717, 1.165) is 33.8 Å². The van der Waals surface area contributed by atoms with Crippen LogP contribution in [-0.2, 0) is 0 Å². The lowest BCUT2D eigenvalue weighted by Crippen LogP contribution is -2.26. The summed E-state index contributed by atoms with van der Waals surface area (Å²) in [5.74, 6) is -0.294. The Kier molecular flexibility index (Phi) is 4.01. The minimum absolute atomic E-state index is 0.171. The number of fused-ring (bicyclic) bond motifs is 2. The van der Waals surface area contributed by atoms with Crippen LogP contribution in [-0.4, -0.2) is 27.6 Å². The maximum absolute atomic E-state index is 12.2. The van der Waals surface area contributed by atoms with E-state index in [-0.39, 0.29) is 11.6 Å². The Morgan fingerprint density at radius 3 is 2.92 bits per heavy atom. The Balaban J connectivity index is 1.84. The van der Waals surface area contributed by atoms with E-state index in [1.165, 1.54) is 0 Å². The van der Waals surface area contributed by atoms with E-state index in [0.29, 0.717) is 17.7 Å². The van der Waals surface area contributed by atoms with E-state index in [1.54, 1.807) is 0 Å². The second-order valence-electron chi connectivity index (χ2n) is 6.20. The van der Waals surface area contributed by atoms with Gasteiger partial charge in [-0.15, -0.1) is 10.2 Å². The Morgan fingerprint density at radius 1 is 1.19 bits per heavy atom. The molecule has 0 atom stereocenters. The van der Waals surface area contributed by atoms with Crippen molar-refractivity contribution in [1.82, 2.24) is 20.5 Å². The van der Waals surface area contributed by atoms with Crippen LogP contribution < -0.4 is 11.1 Å². The molecule has 130 valence electrons. The summed E-state index contributed by atoms with van der Waals surface area (Å²) in [7, 11) is 0. The van der Waals surface area contributed by atoms with Gasteiger partial charge in [0, 0.05) is 29.2 Å². The molecular weight excluding hydrogens is 326 g/mol. The van der Waals surface area contributed by atoms with Crippen LogP contribution >= 0.6 is 0 Å². The molecule has 0 fully saturated rings. The topological polar surface area (TPSA) is 96.7 Å². The molecule has 26 heavy (non-hydrogen) atoms. The number of benzene rings is 2. The normalized spacial score (nSPS) is 11.1. The summed E-state index contributed by atoms with van der Waals surface area (Å²) >= 11 is 0. The van der Waals surface area contributed by atoms with E-state index in [9.17, 15) is 4.79 Å². The fourth-order valence-electron chi connectivity index (χ4n) is 3.09. The van der Waals surface area contributed by atoms with E-state index in [1.807, 2.05) is 49.5 Å². The molecule has 1 amide bonds. The Hall–Kier alpha value is -3.41. The molecule has 0 radical (unpaired) electrons. The highest BCUT2D eigenvalue weighted by atomic mass is 16.1. The number of carbonyl (C=O) groups is 1. The van der Waals surface area contributed by atoms with Crippen molar-refractivity contribution in [3.63, 3.8) is 0 Å². The molecule has 6 nitrogen and oxygen atoms in total. The molecule has 0 saturated carbocycles. The van der Waals surface area contributed by atoms with Gasteiger partial charge in [0.2, 0.25) is 0 Å². The van der Waals surface area contributed by atoms with Crippen LogP contribution in [0.3, 0.4) is 0 Å². The molecular formula is C20H19N5O. The molecule has 0 aliphatic carbocycles. The van der Waals surface area contributed by atoms with Crippen LogP contribution in [0.1, 0.15) is 23.8 Å². The van der Waals surface area contributed by atoms with Gasteiger partial charge in [0.05, 0.1) is 5.69 Å². The van der Waals surface area contributed by atoms with Gasteiger partial charge in [-0.2, -0.15) is 0 Å². The van der Waals surface area contributed by atoms with Crippen molar-refractivity contribution in [2.75, 3.05) is 12.3 Å². The van der Waals surface area contributed by atoms with E-state index in [4.69, 9.17) is 5.73 Å². The largest absolute Gasteiger partial charge is 0.396 e. The summed E-state index contributed by atoms with van der Waals surface area (Å²) in [4.78, 5) is 15.4. The first-order valence-corrected chi connectivity index (χ1v) is 8.59. The van der Waals surface area contributed by atoms with E-state index in [2.05, 4.69) is 26.6 Å².